The molecule has 0 aromatic heterocycles. The van der Waals surface area contributed by atoms with Crippen molar-refractivity contribution in [3.8, 4) is 0 Å². The third-order valence-electron chi connectivity index (χ3n) is 4.44. The van der Waals surface area contributed by atoms with E-state index in [1.165, 1.54) is 12.1 Å². The largest absolute Gasteiger partial charge is 0.393 e. The highest BCUT2D eigenvalue weighted by Crippen LogP contribution is 2.46. The van der Waals surface area contributed by atoms with Crippen LogP contribution >= 0.6 is 0 Å². The van der Waals surface area contributed by atoms with E-state index < -0.39 is 0 Å². The lowest BCUT2D eigenvalue weighted by Gasteiger charge is -2.48. The van der Waals surface area contributed by atoms with E-state index in [1.54, 1.807) is 0 Å². The quantitative estimate of drug-likeness (QED) is 0.849. The molecule has 1 aromatic rings. The summed E-state index contributed by atoms with van der Waals surface area (Å²) in [5.74, 6) is -0.223. The maximum Gasteiger partial charge on any atom is 0.123 e. The van der Waals surface area contributed by atoms with Crippen LogP contribution in [0.3, 0.4) is 0 Å². The number of aliphatic hydroxyl groups excluding tert-OH is 1. The lowest BCUT2D eigenvalue weighted by Crippen LogP contribution is -2.56. The van der Waals surface area contributed by atoms with Crippen molar-refractivity contribution in [2.24, 2.45) is 5.73 Å². The van der Waals surface area contributed by atoms with Crippen molar-refractivity contribution in [2.75, 3.05) is 0 Å². The minimum Gasteiger partial charge on any atom is -0.393 e. The van der Waals surface area contributed by atoms with Gasteiger partial charge in [-0.05, 0) is 57.2 Å². The molecule has 100 valence electrons. The van der Waals surface area contributed by atoms with Crippen LogP contribution in [-0.4, -0.2) is 16.7 Å². The van der Waals surface area contributed by atoms with Gasteiger partial charge in [0.15, 0.2) is 0 Å². The molecule has 1 aromatic carbocycles. The summed E-state index contributed by atoms with van der Waals surface area (Å²) in [7, 11) is 0. The van der Waals surface area contributed by atoms with E-state index in [2.05, 4.69) is 0 Å². The average Bonchev–Trinajstić information content (AvgIpc) is 2.30. The molecule has 0 saturated heterocycles. The third kappa shape index (κ3) is 2.29. The molecule has 1 aliphatic rings. The molecule has 0 amide bonds. The van der Waals surface area contributed by atoms with Gasteiger partial charge in [0.1, 0.15) is 5.82 Å². The van der Waals surface area contributed by atoms with Crippen LogP contribution in [0, 0.1) is 5.82 Å². The zero-order valence-corrected chi connectivity index (χ0v) is 11.1. The highest BCUT2D eigenvalue weighted by atomic mass is 19.1. The van der Waals surface area contributed by atoms with E-state index in [-0.39, 0.29) is 22.9 Å². The van der Waals surface area contributed by atoms with Crippen molar-refractivity contribution in [2.45, 2.75) is 56.6 Å². The van der Waals surface area contributed by atoms with Crippen LogP contribution in [0.2, 0.25) is 0 Å². The van der Waals surface area contributed by atoms with Gasteiger partial charge in [-0.15, -0.1) is 0 Å². The van der Waals surface area contributed by atoms with Gasteiger partial charge >= 0.3 is 0 Å². The normalized spacial score (nSPS) is 29.3. The van der Waals surface area contributed by atoms with Gasteiger partial charge in [0, 0.05) is 11.0 Å². The summed E-state index contributed by atoms with van der Waals surface area (Å²) in [6.07, 6.45) is 3.00. The number of nitrogens with two attached hydrogens (primary N) is 1. The van der Waals surface area contributed by atoms with Crippen molar-refractivity contribution in [3.63, 3.8) is 0 Å². The molecule has 1 aliphatic carbocycles. The predicted molar refractivity (Wildman–Crippen MR) is 70.8 cm³/mol. The van der Waals surface area contributed by atoms with Gasteiger partial charge in [0.05, 0.1) is 6.10 Å². The van der Waals surface area contributed by atoms with Gasteiger partial charge in [-0.1, -0.05) is 12.1 Å². The first-order chi connectivity index (χ1) is 8.35. The summed E-state index contributed by atoms with van der Waals surface area (Å²) in [4.78, 5) is 0. The van der Waals surface area contributed by atoms with Crippen LogP contribution in [0.15, 0.2) is 24.3 Å². The fraction of sp³-hybridized carbons (Fsp3) is 0.600. The van der Waals surface area contributed by atoms with Crippen molar-refractivity contribution in [3.05, 3.63) is 35.6 Å². The number of benzene rings is 1. The highest BCUT2D eigenvalue weighted by Gasteiger charge is 2.45. The standard InChI is InChI=1S/C15H22FNO/c1-14(2,17)15(9-7-13(18)8-10-15)11-3-5-12(16)6-4-11/h3-6,13,18H,7-10,17H2,1-2H3/t13-,15+. The number of aliphatic hydroxyl groups is 1. The molecule has 0 unspecified atom stereocenters. The fourth-order valence-corrected chi connectivity index (χ4v) is 3.17. The van der Waals surface area contributed by atoms with Gasteiger partial charge in [-0.2, -0.15) is 0 Å². The number of hydrogen-bond donors (Lipinski definition) is 2. The molecule has 0 atom stereocenters. The Morgan fingerprint density at radius 1 is 1.22 bits per heavy atom. The van der Waals surface area contributed by atoms with Crippen LogP contribution in [-0.2, 0) is 5.41 Å². The molecule has 2 rings (SSSR count). The molecule has 3 N–H and O–H groups in total. The summed E-state index contributed by atoms with van der Waals surface area (Å²) < 4.78 is 13.1. The molecule has 3 heteroatoms. The van der Waals surface area contributed by atoms with E-state index in [4.69, 9.17) is 5.73 Å². The van der Waals surface area contributed by atoms with E-state index in [0.29, 0.717) is 0 Å². The Bertz CT molecular complexity index is 399. The first-order valence-corrected chi connectivity index (χ1v) is 6.58. The minimum absolute atomic E-state index is 0.167. The Morgan fingerprint density at radius 3 is 2.17 bits per heavy atom. The summed E-state index contributed by atoms with van der Waals surface area (Å²) in [6.45, 7) is 4.04. The van der Waals surface area contributed by atoms with Crippen LogP contribution in [0.1, 0.15) is 45.1 Å². The van der Waals surface area contributed by atoms with Crippen molar-refractivity contribution >= 4 is 0 Å². The first kappa shape index (κ1) is 13.5. The predicted octanol–water partition coefficient (Wildman–Crippen LogP) is 2.74. The smallest absolute Gasteiger partial charge is 0.123 e. The molecule has 1 saturated carbocycles. The van der Waals surface area contributed by atoms with E-state index in [1.807, 2.05) is 26.0 Å². The van der Waals surface area contributed by atoms with Crippen molar-refractivity contribution in [1.82, 2.24) is 0 Å². The summed E-state index contributed by atoms with van der Waals surface area (Å²) in [5.41, 5.74) is 6.92. The Balaban J connectivity index is 2.40. The van der Waals surface area contributed by atoms with Crippen molar-refractivity contribution in [1.29, 1.82) is 0 Å². The summed E-state index contributed by atoms with van der Waals surface area (Å²) in [5, 5.41) is 9.70. The number of halogens is 1. The highest BCUT2D eigenvalue weighted by molar-refractivity contribution is 5.31. The van der Waals surface area contributed by atoms with E-state index in [0.717, 1.165) is 31.2 Å². The van der Waals surface area contributed by atoms with Crippen molar-refractivity contribution < 1.29 is 9.50 Å². The maximum atomic E-state index is 13.1. The molecular formula is C15H22FNO. The van der Waals surface area contributed by atoms with Crippen LogP contribution in [0.4, 0.5) is 4.39 Å². The second-order valence-corrected chi connectivity index (χ2v) is 6.04. The zero-order valence-electron chi connectivity index (χ0n) is 11.1. The molecule has 0 bridgehead atoms. The Labute approximate surface area is 108 Å². The van der Waals surface area contributed by atoms with Gasteiger partial charge in [-0.25, -0.2) is 4.39 Å². The Morgan fingerprint density at radius 2 is 1.72 bits per heavy atom. The van der Waals surface area contributed by atoms with Crippen LogP contribution in [0.5, 0.6) is 0 Å². The number of rotatable bonds is 2. The molecule has 18 heavy (non-hydrogen) atoms. The lowest BCUT2D eigenvalue weighted by atomic mass is 9.59. The van der Waals surface area contributed by atoms with E-state index in [9.17, 15) is 9.50 Å². The van der Waals surface area contributed by atoms with Gasteiger partial charge in [0.2, 0.25) is 0 Å². The van der Waals surface area contributed by atoms with Crippen LogP contribution < -0.4 is 5.73 Å². The SMILES string of the molecule is CC(C)(N)[C@]1(c2ccc(F)cc2)CC[C@H](O)CC1. The maximum absolute atomic E-state index is 13.1. The summed E-state index contributed by atoms with van der Waals surface area (Å²) in [6, 6.07) is 6.66. The third-order valence-corrected chi connectivity index (χ3v) is 4.44. The molecule has 0 radical (unpaired) electrons. The Hall–Kier alpha value is -0.930. The molecule has 0 aliphatic heterocycles. The van der Waals surface area contributed by atoms with Crippen LogP contribution in [0.25, 0.3) is 0 Å². The van der Waals surface area contributed by atoms with Gasteiger partial charge in [0.25, 0.3) is 0 Å². The zero-order chi connectivity index (χ0) is 13.4. The van der Waals surface area contributed by atoms with E-state index >= 15 is 0 Å². The van der Waals surface area contributed by atoms with Gasteiger partial charge < -0.3 is 10.8 Å². The Kier molecular flexibility index (Phi) is 3.47. The lowest BCUT2D eigenvalue weighted by molar-refractivity contribution is 0.0690. The minimum atomic E-state index is -0.384. The number of hydrogen-bond acceptors (Lipinski definition) is 2. The second kappa shape index (κ2) is 4.63. The molecule has 0 spiro atoms. The molecule has 0 heterocycles. The second-order valence-electron chi connectivity index (χ2n) is 6.04. The topological polar surface area (TPSA) is 46.2 Å². The fourth-order valence-electron chi connectivity index (χ4n) is 3.17. The van der Waals surface area contributed by atoms with Gasteiger partial charge in [-0.3, -0.25) is 0 Å². The average molecular weight is 251 g/mol. The first-order valence-electron chi connectivity index (χ1n) is 6.58. The molecular weight excluding hydrogens is 229 g/mol. The molecule has 1 fully saturated rings. The monoisotopic (exact) mass is 251 g/mol. The molecule has 2 nitrogen and oxygen atoms in total. The summed E-state index contributed by atoms with van der Waals surface area (Å²) >= 11 is 0.